The number of nitrogens with one attached hydrogen (secondary N) is 1. The number of thiophene rings is 1. The van der Waals surface area contributed by atoms with Crippen molar-refractivity contribution in [2.24, 2.45) is 0 Å². The molecule has 0 aliphatic heterocycles. The lowest BCUT2D eigenvalue weighted by Crippen LogP contribution is -2.20. The van der Waals surface area contributed by atoms with E-state index in [1.54, 1.807) is 7.11 Å². The molecule has 0 unspecified atom stereocenters. The Bertz CT molecular complexity index is 339. The molecule has 18 heavy (non-hydrogen) atoms. The summed E-state index contributed by atoms with van der Waals surface area (Å²) < 4.78 is 5.08. The lowest BCUT2D eigenvalue weighted by Gasteiger charge is -2.16. The van der Waals surface area contributed by atoms with Gasteiger partial charge in [0, 0.05) is 43.1 Å². The Balaban J connectivity index is 2.42. The highest BCUT2D eigenvalue weighted by molar-refractivity contribution is 7.12. The van der Waals surface area contributed by atoms with Gasteiger partial charge in [0.15, 0.2) is 0 Å². The quantitative estimate of drug-likeness (QED) is 0.698. The van der Waals surface area contributed by atoms with E-state index in [9.17, 15) is 0 Å². The first-order chi connectivity index (χ1) is 8.67. The molecule has 0 saturated heterocycles. The summed E-state index contributed by atoms with van der Waals surface area (Å²) in [6.45, 7) is 9.37. The molecule has 104 valence electrons. The largest absolute Gasteiger partial charge is 0.385 e. The van der Waals surface area contributed by atoms with E-state index in [1.165, 1.54) is 15.3 Å². The second-order valence-corrected chi connectivity index (χ2v) is 6.00. The maximum atomic E-state index is 5.08. The lowest BCUT2D eigenvalue weighted by atomic mass is 10.2. The number of aryl methyl sites for hydroxylation is 1. The molecule has 3 nitrogen and oxygen atoms in total. The molecule has 1 rings (SSSR count). The predicted octanol–water partition coefficient (Wildman–Crippen LogP) is 2.63. The molecule has 1 aromatic rings. The number of ether oxygens (including phenoxy) is 1. The van der Waals surface area contributed by atoms with Crippen molar-refractivity contribution in [3.05, 3.63) is 21.4 Å². The molecule has 0 spiro atoms. The summed E-state index contributed by atoms with van der Waals surface area (Å²) in [5.74, 6) is 0. The molecule has 0 aromatic carbocycles. The Morgan fingerprint density at radius 3 is 2.89 bits per heavy atom. The standard InChI is InChI=1S/C14H26N2OS/c1-5-15-10-14-9-13(12(2)18-14)11-16(3)7-6-8-17-4/h9,15H,5-8,10-11H2,1-4H3. The molecule has 1 aromatic heterocycles. The van der Waals surface area contributed by atoms with Crippen molar-refractivity contribution in [2.45, 2.75) is 33.4 Å². The summed E-state index contributed by atoms with van der Waals surface area (Å²) in [5, 5.41) is 3.38. The maximum absolute atomic E-state index is 5.08. The van der Waals surface area contributed by atoms with E-state index in [-0.39, 0.29) is 0 Å². The zero-order chi connectivity index (χ0) is 13.4. The molecule has 0 amide bonds. The van der Waals surface area contributed by atoms with Crippen LogP contribution in [0.3, 0.4) is 0 Å². The zero-order valence-corrected chi connectivity index (χ0v) is 12.9. The van der Waals surface area contributed by atoms with Gasteiger partial charge >= 0.3 is 0 Å². The minimum atomic E-state index is 0.846. The van der Waals surface area contributed by atoms with Crippen LogP contribution < -0.4 is 5.32 Å². The van der Waals surface area contributed by atoms with Crippen molar-refractivity contribution in [2.75, 3.05) is 33.9 Å². The SMILES string of the molecule is CCNCc1cc(CN(C)CCCOC)c(C)s1. The monoisotopic (exact) mass is 270 g/mol. The Morgan fingerprint density at radius 1 is 1.44 bits per heavy atom. The fourth-order valence-corrected chi connectivity index (χ4v) is 2.95. The molecule has 1 heterocycles. The van der Waals surface area contributed by atoms with Crippen molar-refractivity contribution < 1.29 is 4.74 Å². The van der Waals surface area contributed by atoms with Crippen LogP contribution >= 0.6 is 11.3 Å². The third-order valence-electron chi connectivity index (χ3n) is 2.95. The first-order valence-corrected chi connectivity index (χ1v) is 7.45. The second kappa shape index (κ2) is 8.64. The van der Waals surface area contributed by atoms with Gasteiger partial charge in [0.2, 0.25) is 0 Å². The minimum absolute atomic E-state index is 0.846. The number of hydrogen-bond donors (Lipinski definition) is 1. The number of hydrogen-bond acceptors (Lipinski definition) is 4. The van der Waals surface area contributed by atoms with Crippen molar-refractivity contribution >= 4 is 11.3 Å². The highest BCUT2D eigenvalue weighted by Crippen LogP contribution is 2.22. The van der Waals surface area contributed by atoms with E-state index in [4.69, 9.17) is 4.74 Å². The smallest absolute Gasteiger partial charge is 0.0474 e. The molecule has 4 heteroatoms. The Hall–Kier alpha value is -0.420. The van der Waals surface area contributed by atoms with Gasteiger partial charge in [0.25, 0.3) is 0 Å². The number of nitrogens with zero attached hydrogens (tertiary/aromatic N) is 1. The highest BCUT2D eigenvalue weighted by atomic mass is 32.1. The Morgan fingerprint density at radius 2 is 2.22 bits per heavy atom. The first kappa shape index (κ1) is 15.6. The van der Waals surface area contributed by atoms with Crippen molar-refractivity contribution in [3.8, 4) is 0 Å². The molecule has 0 bridgehead atoms. The van der Waals surface area contributed by atoms with E-state index < -0.39 is 0 Å². The summed E-state index contributed by atoms with van der Waals surface area (Å²) in [7, 11) is 3.94. The van der Waals surface area contributed by atoms with Gasteiger partial charge in [-0.1, -0.05) is 6.92 Å². The van der Waals surface area contributed by atoms with Gasteiger partial charge < -0.3 is 15.0 Å². The van der Waals surface area contributed by atoms with Crippen molar-refractivity contribution in [1.82, 2.24) is 10.2 Å². The van der Waals surface area contributed by atoms with Crippen LogP contribution in [0.1, 0.15) is 28.7 Å². The van der Waals surface area contributed by atoms with Crippen molar-refractivity contribution in [3.63, 3.8) is 0 Å². The van der Waals surface area contributed by atoms with Crippen LogP contribution in [0.5, 0.6) is 0 Å². The van der Waals surface area contributed by atoms with Gasteiger partial charge in [-0.15, -0.1) is 11.3 Å². The Kier molecular flexibility index (Phi) is 7.51. The average Bonchev–Trinajstić information content (AvgIpc) is 2.68. The zero-order valence-electron chi connectivity index (χ0n) is 12.1. The van der Waals surface area contributed by atoms with Crippen LogP contribution in [0, 0.1) is 6.92 Å². The summed E-state index contributed by atoms with van der Waals surface area (Å²) in [6.07, 6.45) is 1.10. The third-order valence-corrected chi connectivity index (χ3v) is 4.04. The van der Waals surface area contributed by atoms with E-state index in [1.807, 2.05) is 11.3 Å². The number of rotatable bonds is 9. The third kappa shape index (κ3) is 5.48. The van der Waals surface area contributed by atoms with Crippen LogP contribution in [-0.2, 0) is 17.8 Å². The maximum Gasteiger partial charge on any atom is 0.0474 e. The predicted molar refractivity (Wildman–Crippen MR) is 79.3 cm³/mol. The van der Waals surface area contributed by atoms with E-state index in [0.29, 0.717) is 0 Å². The average molecular weight is 270 g/mol. The normalized spacial score (nSPS) is 11.4. The summed E-state index contributed by atoms with van der Waals surface area (Å²) in [5.41, 5.74) is 1.47. The molecule has 0 aliphatic rings. The fraction of sp³-hybridized carbons (Fsp3) is 0.714. The minimum Gasteiger partial charge on any atom is -0.385 e. The molecule has 1 N–H and O–H groups in total. The second-order valence-electron chi connectivity index (χ2n) is 4.66. The van der Waals surface area contributed by atoms with Crippen LogP contribution in [0.2, 0.25) is 0 Å². The first-order valence-electron chi connectivity index (χ1n) is 6.63. The highest BCUT2D eigenvalue weighted by Gasteiger charge is 2.07. The fourth-order valence-electron chi connectivity index (χ4n) is 1.93. The topological polar surface area (TPSA) is 24.5 Å². The molecule has 0 radical (unpaired) electrons. The van der Waals surface area contributed by atoms with Gasteiger partial charge in [0.05, 0.1) is 0 Å². The van der Waals surface area contributed by atoms with E-state index in [0.717, 1.165) is 39.2 Å². The molecule has 0 fully saturated rings. The molecular weight excluding hydrogens is 244 g/mol. The van der Waals surface area contributed by atoms with Gasteiger partial charge in [-0.2, -0.15) is 0 Å². The van der Waals surface area contributed by atoms with Crippen LogP contribution in [-0.4, -0.2) is 38.8 Å². The van der Waals surface area contributed by atoms with Gasteiger partial charge in [-0.05, 0) is 38.6 Å². The van der Waals surface area contributed by atoms with E-state index in [2.05, 4.69) is 37.2 Å². The summed E-state index contributed by atoms with van der Waals surface area (Å²) in [4.78, 5) is 5.25. The molecule has 0 saturated carbocycles. The van der Waals surface area contributed by atoms with Gasteiger partial charge in [0.1, 0.15) is 0 Å². The molecule has 0 atom stereocenters. The lowest BCUT2D eigenvalue weighted by molar-refractivity contribution is 0.178. The molecular formula is C14H26N2OS. The number of methoxy groups -OCH3 is 1. The summed E-state index contributed by atoms with van der Waals surface area (Å²) in [6, 6.07) is 2.34. The van der Waals surface area contributed by atoms with Crippen LogP contribution in [0.4, 0.5) is 0 Å². The van der Waals surface area contributed by atoms with Crippen LogP contribution in [0.15, 0.2) is 6.07 Å². The van der Waals surface area contributed by atoms with Crippen molar-refractivity contribution in [1.29, 1.82) is 0 Å². The van der Waals surface area contributed by atoms with Gasteiger partial charge in [-0.3, -0.25) is 0 Å². The Labute approximate surface area is 115 Å². The molecule has 0 aliphatic carbocycles. The van der Waals surface area contributed by atoms with E-state index >= 15 is 0 Å². The van der Waals surface area contributed by atoms with Crippen LogP contribution in [0.25, 0.3) is 0 Å². The summed E-state index contributed by atoms with van der Waals surface area (Å²) >= 11 is 1.91. The van der Waals surface area contributed by atoms with Gasteiger partial charge in [-0.25, -0.2) is 0 Å².